The van der Waals surface area contributed by atoms with Crippen molar-refractivity contribution >= 4 is 55.3 Å². The van der Waals surface area contributed by atoms with Gasteiger partial charge in [0, 0.05) is 5.02 Å². The average molecular weight is 402 g/mol. The smallest absolute Gasteiger partial charge is 0.225 e. The zero-order valence-corrected chi connectivity index (χ0v) is 15.0. The van der Waals surface area contributed by atoms with Gasteiger partial charge in [0.15, 0.2) is 10.8 Å². The topological polar surface area (TPSA) is 97.7 Å². The summed E-state index contributed by atoms with van der Waals surface area (Å²) < 4.78 is 24.9. The molecule has 0 radical (unpaired) electrons. The van der Waals surface area contributed by atoms with Crippen LogP contribution < -0.4 is 5.32 Å². The van der Waals surface area contributed by atoms with Gasteiger partial charge in [-0.25, -0.2) is 18.4 Å². The summed E-state index contributed by atoms with van der Waals surface area (Å²) in [6.07, 6.45) is 2.49. The highest BCUT2D eigenvalue weighted by atomic mass is 35.5. The van der Waals surface area contributed by atoms with Gasteiger partial charge in [-0.05, 0) is 24.3 Å². The van der Waals surface area contributed by atoms with Gasteiger partial charge >= 0.3 is 0 Å². The Balaban J connectivity index is 1.82. The number of benzene rings is 1. The molecule has 0 fully saturated rings. The Labute approximate surface area is 151 Å². The Kier molecular flexibility index (Phi) is 4.95. The minimum absolute atomic E-state index is 0.0952. The van der Waals surface area contributed by atoms with E-state index in [1.807, 2.05) is 0 Å². The van der Waals surface area contributed by atoms with E-state index in [-0.39, 0.29) is 15.8 Å². The lowest BCUT2D eigenvalue weighted by molar-refractivity contribution is 0.592. The van der Waals surface area contributed by atoms with Crippen molar-refractivity contribution < 1.29 is 8.42 Å². The third kappa shape index (κ3) is 3.64. The molecule has 0 spiro atoms. The van der Waals surface area contributed by atoms with Crippen molar-refractivity contribution in [2.45, 2.75) is 15.8 Å². The summed E-state index contributed by atoms with van der Waals surface area (Å²) in [5, 5.41) is 12.1. The Hall–Kier alpha value is -1.81. The maximum absolute atomic E-state index is 12.5. The number of halogens is 2. The number of sulfone groups is 1. The van der Waals surface area contributed by atoms with Crippen molar-refractivity contribution in [3.63, 3.8) is 0 Å². The maximum atomic E-state index is 12.5. The summed E-state index contributed by atoms with van der Waals surface area (Å²) in [5.74, 6) is 0.617. The van der Waals surface area contributed by atoms with E-state index in [1.54, 1.807) is 0 Å². The van der Waals surface area contributed by atoms with Gasteiger partial charge in [0.2, 0.25) is 15.0 Å². The molecule has 11 heteroatoms. The fourth-order valence-corrected chi connectivity index (χ4v) is 3.78. The third-order valence-corrected chi connectivity index (χ3v) is 6.00. The fourth-order valence-electron chi connectivity index (χ4n) is 1.72. The number of hydrogen-bond acceptors (Lipinski definition) is 8. The molecular weight excluding hydrogens is 393 g/mol. The van der Waals surface area contributed by atoms with Gasteiger partial charge in [0.25, 0.3) is 0 Å². The Morgan fingerprint density at radius 1 is 1.08 bits per heavy atom. The number of nitrogens with zero attached hydrogens (tertiary/aromatic N) is 4. The summed E-state index contributed by atoms with van der Waals surface area (Å²) >= 11 is 12.7. The second-order valence-corrected chi connectivity index (χ2v) is 8.12. The number of aromatic nitrogens is 4. The molecule has 1 aromatic carbocycles. The number of hydrogen-bond donors (Lipinski definition) is 1. The molecule has 3 aromatic rings. The van der Waals surface area contributed by atoms with Crippen LogP contribution in [0.3, 0.4) is 0 Å². The highest BCUT2D eigenvalue weighted by Gasteiger charge is 2.19. The van der Waals surface area contributed by atoms with Crippen molar-refractivity contribution in [2.75, 3.05) is 5.32 Å². The van der Waals surface area contributed by atoms with Crippen LogP contribution in [0.25, 0.3) is 0 Å². The van der Waals surface area contributed by atoms with Crippen molar-refractivity contribution in [1.29, 1.82) is 0 Å². The second kappa shape index (κ2) is 6.98. The Morgan fingerprint density at radius 2 is 1.83 bits per heavy atom. The second-order valence-electron chi connectivity index (χ2n) is 4.46. The zero-order chi connectivity index (χ0) is 17.2. The number of anilines is 2. The molecule has 2 aromatic heterocycles. The van der Waals surface area contributed by atoms with Gasteiger partial charge in [-0.15, -0.1) is 21.8 Å². The van der Waals surface area contributed by atoms with E-state index in [0.29, 0.717) is 21.0 Å². The Bertz CT molecular complexity index is 943. The summed E-state index contributed by atoms with van der Waals surface area (Å²) in [6, 6.07) is 5.84. The van der Waals surface area contributed by atoms with Gasteiger partial charge in [-0.2, -0.15) is 0 Å². The molecule has 0 unspecified atom stereocenters. The van der Waals surface area contributed by atoms with Crippen LogP contribution in [0.4, 0.5) is 10.9 Å². The molecule has 3 rings (SSSR count). The number of rotatable bonds is 5. The minimum Gasteiger partial charge on any atom is -0.313 e. The molecular formula is C13H9Cl2N5O2S2. The highest BCUT2D eigenvalue weighted by molar-refractivity contribution is 7.91. The monoisotopic (exact) mass is 401 g/mol. The van der Waals surface area contributed by atoms with Crippen LogP contribution in [0, 0.1) is 0 Å². The molecule has 0 saturated carbocycles. The summed E-state index contributed by atoms with van der Waals surface area (Å²) in [5.41, 5.74) is 0. The first-order chi connectivity index (χ1) is 11.5. The summed E-state index contributed by atoms with van der Waals surface area (Å²) in [7, 11) is -3.75. The first-order valence-electron chi connectivity index (χ1n) is 6.47. The number of nitrogens with one attached hydrogen (secondary N) is 1. The highest BCUT2D eigenvalue weighted by Crippen LogP contribution is 2.23. The predicted molar refractivity (Wildman–Crippen MR) is 91.7 cm³/mol. The van der Waals surface area contributed by atoms with E-state index in [1.165, 1.54) is 48.0 Å². The first kappa shape index (κ1) is 17.0. The van der Waals surface area contributed by atoms with Gasteiger partial charge < -0.3 is 5.32 Å². The minimum atomic E-state index is -3.75. The van der Waals surface area contributed by atoms with Crippen LogP contribution in [0.15, 0.2) is 46.6 Å². The molecule has 0 aliphatic heterocycles. The lowest BCUT2D eigenvalue weighted by atomic mass is 10.4. The van der Waals surface area contributed by atoms with E-state index in [0.717, 1.165) is 0 Å². The lowest BCUT2D eigenvalue weighted by Gasteiger charge is -2.05. The molecule has 0 amide bonds. The molecule has 2 heterocycles. The van der Waals surface area contributed by atoms with Crippen LogP contribution in [0.1, 0.15) is 5.01 Å². The quantitative estimate of drug-likeness (QED) is 0.654. The SMILES string of the molecule is O=S(=O)(c1ccc(Cl)cc1)c1cnc(Nc2nnc(CCl)s2)cn1. The summed E-state index contributed by atoms with van der Waals surface area (Å²) in [6.45, 7) is 0. The van der Waals surface area contributed by atoms with Crippen molar-refractivity contribution in [2.24, 2.45) is 0 Å². The van der Waals surface area contributed by atoms with Crippen LogP contribution >= 0.6 is 34.5 Å². The van der Waals surface area contributed by atoms with Crippen molar-refractivity contribution in [3.05, 3.63) is 46.7 Å². The van der Waals surface area contributed by atoms with Gasteiger partial charge in [-0.3, -0.25) is 0 Å². The van der Waals surface area contributed by atoms with Crippen LogP contribution in [-0.4, -0.2) is 28.6 Å². The van der Waals surface area contributed by atoms with E-state index in [2.05, 4.69) is 25.5 Å². The molecule has 7 nitrogen and oxygen atoms in total. The molecule has 0 aliphatic rings. The van der Waals surface area contributed by atoms with E-state index < -0.39 is 9.84 Å². The zero-order valence-electron chi connectivity index (χ0n) is 11.8. The Morgan fingerprint density at radius 3 is 2.42 bits per heavy atom. The summed E-state index contributed by atoms with van der Waals surface area (Å²) in [4.78, 5) is 8.10. The van der Waals surface area contributed by atoms with Gasteiger partial charge in [-0.1, -0.05) is 22.9 Å². The van der Waals surface area contributed by atoms with Crippen LogP contribution in [0.5, 0.6) is 0 Å². The largest absolute Gasteiger partial charge is 0.313 e. The lowest BCUT2D eigenvalue weighted by Crippen LogP contribution is -2.06. The number of alkyl halides is 1. The van der Waals surface area contributed by atoms with Crippen LogP contribution in [0.2, 0.25) is 5.02 Å². The van der Waals surface area contributed by atoms with Gasteiger partial charge in [0.1, 0.15) is 5.01 Å². The third-order valence-electron chi connectivity index (χ3n) is 2.84. The molecule has 24 heavy (non-hydrogen) atoms. The maximum Gasteiger partial charge on any atom is 0.225 e. The standard InChI is InChI=1S/C13H9Cl2N5O2S2/c14-5-11-19-20-13(23-11)18-10-6-17-12(7-16-10)24(21,22)9-3-1-8(15)2-4-9/h1-4,6-7H,5H2,(H,16,18,20). The van der Waals surface area contributed by atoms with Crippen LogP contribution in [-0.2, 0) is 15.7 Å². The predicted octanol–water partition coefficient (Wildman–Crippen LogP) is 3.30. The molecule has 0 saturated heterocycles. The molecule has 0 bridgehead atoms. The normalized spacial score (nSPS) is 11.4. The van der Waals surface area contributed by atoms with Gasteiger partial charge in [0.05, 0.1) is 23.2 Å². The van der Waals surface area contributed by atoms with E-state index in [9.17, 15) is 8.42 Å². The molecule has 1 N–H and O–H groups in total. The van der Waals surface area contributed by atoms with E-state index in [4.69, 9.17) is 23.2 Å². The van der Waals surface area contributed by atoms with Crippen molar-refractivity contribution in [3.8, 4) is 0 Å². The van der Waals surface area contributed by atoms with E-state index >= 15 is 0 Å². The molecule has 0 atom stereocenters. The fraction of sp³-hybridized carbons (Fsp3) is 0.0769. The molecule has 0 aliphatic carbocycles. The average Bonchev–Trinajstić information content (AvgIpc) is 3.03. The first-order valence-corrected chi connectivity index (χ1v) is 9.68. The molecule has 124 valence electrons. The van der Waals surface area contributed by atoms with Crippen molar-refractivity contribution in [1.82, 2.24) is 20.2 Å².